The number of nitrogens with zero attached hydrogens (tertiary/aromatic N) is 6. The number of nitrogens with two attached hydrogens (primary N) is 1. The number of hydrogen-bond acceptors (Lipinski definition) is 8. The Kier molecular flexibility index (Phi) is 6.95. The zero-order chi connectivity index (χ0) is 24.9. The van der Waals surface area contributed by atoms with Crippen LogP contribution in [0.5, 0.6) is 0 Å². The fourth-order valence-corrected chi connectivity index (χ4v) is 4.11. The van der Waals surface area contributed by atoms with Crippen LogP contribution < -0.4 is 16.0 Å². The Balaban J connectivity index is 1.59. The van der Waals surface area contributed by atoms with Gasteiger partial charge in [0.25, 0.3) is 5.91 Å². The fraction of sp³-hybridized carbons (Fsp3) is 0.292. The van der Waals surface area contributed by atoms with E-state index in [2.05, 4.69) is 25.3 Å². The summed E-state index contributed by atoms with van der Waals surface area (Å²) in [5, 5.41) is 2.87. The molecular weight excluding hydrogens is 448 g/mol. The van der Waals surface area contributed by atoms with E-state index < -0.39 is 29.8 Å². The number of amides is 4. The minimum absolute atomic E-state index is 0.172. The van der Waals surface area contributed by atoms with E-state index in [1.165, 1.54) is 24.3 Å². The third-order valence-corrected chi connectivity index (χ3v) is 5.96. The number of likely N-dealkylation sites (N-methyl/N-ethyl adjacent to an activating group) is 1. The van der Waals surface area contributed by atoms with Gasteiger partial charge >= 0.3 is 6.03 Å². The highest BCUT2D eigenvalue weighted by molar-refractivity contribution is 6.12. The topological polar surface area (TPSA) is 147 Å². The van der Waals surface area contributed by atoms with Gasteiger partial charge in [-0.15, -0.1) is 0 Å². The number of carbonyl (C=O) groups is 3. The van der Waals surface area contributed by atoms with Crippen LogP contribution in [0.1, 0.15) is 30.5 Å². The van der Waals surface area contributed by atoms with Crippen LogP contribution >= 0.6 is 0 Å². The first-order valence-electron chi connectivity index (χ1n) is 11.2. The van der Waals surface area contributed by atoms with E-state index in [9.17, 15) is 14.4 Å². The number of pyridine rings is 2. The van der Waals surface area contributed by atoms with Crippen LogP contribution in [0.4, 0.5) is 16.6 Å². The second kappa shape index (κ2) is 10.2. The molecule has 3 aromatic rings. The number of carbonyl (C=O) groups excluding carboxylic acids is 3. The van der Waals surface area contributed by atoms with Gasteiger partial charge in [0.15, 0.2) is 0 Å². The van der Waals surface area contributed by atoms with Gasteiger partial charge in [0.05, 0.1) is 12.0 Å². The maximum atomic E-state index is 13.5. The summed E-state index contributed by atoms with van der Waals surface area (Å²) in [5.41, 5.74) is 7.33. The zero-order valence-electron chi connectivity index (χ0n) is 19.4. The van der Waals surface area contributed by atoms with Crippen LogP contribution in [0.2, 0.25) is 0 Å². The molecule has 1 unspecified atom stereocenters. The lowest BCUT2D eigenvalue weighted by Crippen LogP contribution is -2.70. The minimum Gasteiger partial charge on any atom is -0.384 e. The number of β-lactam (4-membered cyclic amide) rings is 1. The molecule has 0 saturated carbocycles. The molecule has 0 radical (unpaired) electrons. The molecule has 11 heteroatoms. The van der Waals surface area contributed by atoms with Gasteiger partial charge in [-0.25, -0.2) is 19.7 Å². The third kappa shape index (κ3) is 4.93. The van der Waals surface area contributed by atoms with Crippen LogP contribution in [-0.2, 0) is 16.0 Å². The van der Waals surface area contributed by atoms with E-state index in [0.717, 1.165) is 16.0 Å². The molecule has 1 fully saturated rings. The minimum atomic E-state index is -1.03. The Morgan fingerprint density at radius 1 is 1.14 bits per heavy atom. The number of urea groups is 1. The summed E-state index contributed by atoms with van der Waals surface area (Å²) in [7, 11) is 1.52. The second-order valence-corrected chi connectivity index (χ2v) is 8.20. The molecule has 11 nitrogen and oxygen atoms in total. The predicted molar refractivity (Wildman–Crippen MR) is 128 cm³/mol. The summed E-state index contributed by atoms with van der Waals surface area (Å²) in [6.45, 7) is 1.91. The monoisotopic (exact) mass is 474 g/mol. The Morgan fingerprint density at radius 3 is 2.57 bits per heavy atom. The SMILES string of the molecule is CC[C@@H](NC(=O)N1C(=O)C(Cc2ccnc(N)c2)[C@H]1C(=O)N(C)c1ncccn1)c1cccnc1. The van der Waals surface area contributed by atoms with Gasteiger partial charge in [-0.2, -0.15) is 0 Å². The Bertz CT molecular complexity index is 1210. The summed E-state index contributed by atoms with van der Waals surface area (Å²) in [4.78, 5) is 58.4. The molecule has 35 heavy (non-hydrogen) atoms. The molecule has 1 aliphatic rings. The number of imide groups is 1. The average molecular weight is 475 g/mol. The van der Waals surface area contributed by atoms with Gasteiger partial charge in [0.1, 0.15) is 11.9 Å². The normalized spacial score (nSPS) is 17.9. The van der Waals surface area contributed by atoms with Crippen LogP contribution in [0.25, 0.3) is 0 Å². The first kappa shape index (κ1) is 23.7. The van der Waals surface area contributed by atoms with Crippen molar-refractivity contribution in [2.24, 2.45) is 5.92 Å². The molecule has 0 aliphatic carbocycles. The molecule has 3 aromatic heterocycles. The number of rotatable bonds is 7. The van der Waals surface area contributed by atoms with Crippen LogP contribution in [-0.4, -0.2) is 55.8 Å². The first-order chi connectivity index (χ1) is 16.9. The van der Waals surface area contributed by atoms with Crippen molar-refractivity contribution in [2.45, 2.75) is 31.8 Å². The summed E-state index contributed by atoms with van der Waals surface area (Å²) < 4.78 is 0. The highest BCUT2D eigenvalue weighted by atomic mass is 16.2. The van der Waals surface area contributed by atoms with Crippen molar-refractivity contribution >= 4 is 29.6 Å². The molecule has 1 aliphatic heterocycles. The van der Waals surface area contributed by atoms with Gasteiger partial charge in [-0.3, -0.25) is 24.4 Å². The summed E-state index contributed by atoms with van der Waals surface area (Å²) in [6, 6.07) is 6.59. The van der Waals surface area contributed by atoms with Gasteiger partial charge in [0.2, 0.25) is 11.9 Å². The number of anilines is 2. The van der Waals surface area contributed by atoms with Gasteiger partial charge in [-0.1, -0.05) is 13.0 Å². The molecular formula is C24H26N8O3. The summed E-state index contributed by atoms with van der Waals surface area (Å²) in [5.74, 6) is -1.18. The molecule has 1 saturated heterocycles. The largest absolute Gasteiger partial charge is 0.384 e. The average Bonchev–Trinajstić information content (AvgIpc) is 2.89. The van der Waals surface area contributed by atoms with E-state index in [0.29, 0.717) is 12.2 Å². The number of nitrogens with one attached hydrogen (secondary N) is 1. The molecule has 3 atom stereocenters. The third-order valence-electron chi connectivity index (χ3n) is 5.96. The Hall–Kier alpha value is -4.41. The highest BCUT2D eigenvalue weighted by Gasteiger charge is 2.55. The van der Waals surface area contributed by atoms with Gasteiger partial charge in [-0.05, 0) is 48.2 Å². The van der Waals surface area contributed by atoms with E-state index in [1.807, 2.05) is 13.0 Å². The van der Waals surface area contributed by atoms with Crippen LogP contribution in [0, 0.1) is 5.92 Å². The van der Waals surface area contributed by atoms with Crippen molar-refractivity contribution in [3.8, 4) is 0 Å². The molecule has 0 bridgehead atoms. The molecule has 0 spiro atoms. The number of nitrogen functional groups attached to an aromatic ring is 1. The van der Waals surface area contributed by atoms with Gasteiger partial charge in [0, 0.05) is 38.0 Å². The molecule has 180 valence electrons. The zero-order valence-corrected chi connectivity index (χ0v) is 19.4. The van der Waals surface area contributed by atoms with E-state index >= 15 is 0 Å². The maximum absolute atomic E-state index is 13.5. The lowest BCUT2D eigenvalue weighted by molar-refractivity contribution is -0.156. The summed E-state index contributed by atoms with van der Waals surface area (Å²) in [6.07, 6.45) is 8.68. The summed E-state index contributed by atoms with van der Waals surface area (Å²) >= 11 is 0. The Morgan fingerprint density at radius 2 is 1.91 bits per heavy atom. The lowest BCUT2D eigenvalue weighted by atomic mass is 9.81. The quantitative estimate of drug-likeness (QED) is 0.492. The number of hydrogen-bond donors (Lipinski definition) is 2. The second-order valence-electron chi connectivity index (χ2n) is 8.20. The Labute approximate surface area is 202 Å². The van der Waals surface area contributed by atoms with E-state index in [-0.39, 0.29) is 18.4 Å². The van der Waals surface area contributed by atoms with Crippen molar-refractivity contribution in [3.63, 3.8) is 0 Å². The fourth-order valence-electron chi connectivity index (χ4n) is 4.11. The molecule has 4 heterocycles. The standard InChI is InChI=1S/C24H26N8O3/c1-3-18(16-6-4-8-26-14-16)30-24(35)32-20(22(34)31(2)23-28-9-5-10-29-23)17(21(32)33)12-15-7-11-27-19(25)13-15/h4-11,13-14,17-18,20H,3,12H2,1-2H3,(H2,25,27)(H,30,35)/t17?,18-,20+/m1/s1. The predicted octanol–water partition coefficient (Wildman–Crippen LogP) is 1.74. The van der Waals surface area contributed by atoms with E-state index in [1.54, 1.807) is 42.9 Å². The van der Waals surface area contributed by atoms with Crippen LogP contribution in [0.15, 0.2) is 61.3 Å². The highest BCUT2D eigenvalue weighted by Crippen LogP contribution is 2.33. The van der Waals surface area contributed by atoms with Crippen molar-refractivity contribution in [1.29, 1.82) is 0 Å². The van der Waals surface area contributed by atoms with Crippen molar-refractivity contribution in [1.82, 2.24) is 30.2 Å². The molecule has 3 N–H and O–H groups in total. The number of aromatic nitrogens is 4. The van der Waals surface area contributed by atoms with Crippen LogP contribution in [0.3, 0.4) is 0 Å². The maximum Gasteiger partial charge on any atom is 0.325 e. The van der Waals surface area contributed by atoms with Crippen molar-refractivity contribution in [3.05, 3.63) is 72.4 Å². The molecule has 4 rings (SSSR count). The van der Waals surface area contributed by atoms with Crippen molar-refractivity contribution in [2.75, 3.05) is 17.7 Å². The van der Waals surface area contributed by atoms with E-state index in [4.69, 9.17) is 5.73 Å². The first-order valence-corrected chi connectivity index (χ1v) is 11.2. The molecule has 0 aromatic carbocycles. The number of likely N-dealkylation sites (tertiary alicyclic amines) is 1. The van der Waals surface area contributed by atoms with Crippen molar-refractivity contribution < 1.29 is 14.4 Å². The smallest absolute Gasteiger partial charge is 0.325 e. The molecule has 4 amide bonds. The lowest BCUT2D eigenvalue weighted by Gasteiger charge is -2.45. The van der Waals surface area contributed by atoms with Gasteiger partial charge < -0.3 is 11.1 Å².